The van der Waals surface area contributed by atoms with Crippen molar-refractivity contribution in [2.24, 2.45) is 28.1 Å². The molecule has 1 aromatic rings. The molecule has 5 rings (SSSR count). The Morgan fingerprint density at radius 3 is 2.38 bits per heavy atom. The van der Waals surface area contributed by atoms with Gasteiger partial charge in [-0.3, -0.25) is 9.59 Å². The number of ketones is 2. The van der Waals surface area contributed by atoms with E-state index in [-0.39, 0.29) is 45.4 Å². The SMILES string of the molecule is COc1c(O)cc2c(c1C)C(=O)C=C1[C@@]2(C)CC[C@@]2(C)[C@@H]3C[C@@H](C)C(=O)[C@@H](O)[C@]3(C)CC[C@]12C. The fraction of sp³-hybridized carbons (Fsp3) is 0.655. The molecule has 0 aliphatic heterocycles. The summed E-state index contributed by atoms with van der Waals surface area (Å²) in [6.07, 6.45) is 5.09. The van der Waals surface area contributed by atoms with Crippen molar-refractivity contribution < 1.29 is 24.5 Å². The zero-order valence-electron chi connectivity index (χ0n) is 21.5. The lowest BCUT2D eigenvalue weighted by Crippen LogP contribution is -2.65. The van der Waals surface area contributed by atoms with Crippen LogP contribution in [0.3, 0.4) is 0 Å². The van der Waals surface area contributed by atoms with E-state index in [1.807, 2.05) is 19.9 Å². The van der Waals surface area contributed by atoms with Gasteiger partial charge >= 0.3 is 0 Å². The molecular formula is C29H38O5. The van der Waals surface area contributed by atoms with Crippen LogP contribution in [0.2, 0.25) is 0 Å². The summed E-state index contributed by atoms with van der Waals surface area (Å²) in [5, 5.41) is 21.8. The number of phenols is 1. The van der Waals surface area contributed by atoms with Gasteiger partial charge in [0.2, 0.25) is 0 Å². The first-order chi connectivity index (χ1) is 15.8. The second-order valence-corrected chi connectivity index (χ2v) is 12.5. The topological polar surface area (TPSA) is 83.8 Å². The van der Waals surface area contributed by atoms with Gasteiger partial charge in [-0.2, -0.15) is 0 Å². The van der Waals surface area contributed by atoms with Crippen molar-refractivity contribution in [1.82, 2.24) is 0 Å². The summed E-state index contributed by atoms with van der Waals surface area (Å²) in [6, 6.07) is 1.75. The van der Waals surface area contributed by atoms with Crippen LogP contribution in [0.1, 0.15) is 88.2 Å². The first-order valence-electron chi connectivity index (χ1n) is 12.7. The molecule has 0 saturated heterocycles. The molecule has 5 heteroatoms. The number of aliphatic hydroxyl groups is 1. The molecule has 2 N–H and O–H groups in total. The first kappa shape index (κ1) is 23.6. The molecule has 0 unspecified atom stereocenters. The molecule has 0 aromatic heterocycles. The summed E-state index contributed by atoms with van der Waals surface area (Å²) in [4.78, 5) is 26.4. The Bertz CT molecular complexity index is 1150. The van der Waals surface area contributed by atoms with Gasteiger partial charge in [-0.1, -0.05) is 34.6 Å². The Morgan fingerprint density at radius 1 is 1.06 bits per heavy atom. The highest BCUT2D eigenvalue weighted by Crippen LogP contribution is 2.73. The highest BCUT2D eigenvalue weighted by molar-refractivity contribution is 6.10. The van der Waals surface area contributed by atoms with E-state index < -0.39 is 11.5 Å². The Kier molecular flexibility index (Phi) is 4.83. The molecular weight excluding hydrogens is 428 g/mol. The van der Waals surface area contributed by atoms with Crippen LogP contribution in [-0.2, 0) is 10.2 Å². The number of allylic oxidation sites excluding steroid dienone is 2. The van der Waals surface area contributed by atoms with Crippen LogP contribution in [0.15, 0.2) is 17.7 Å². The molecule has 0 amide bonds. The van der Waals surface area contributed by atoms with Gasteiger partial charge in [0.15, 0.2) is 23.1 Å². The van der Waals surface area contributed by atoms with Crippen LogP contribution in [0.25, 0.3) is 0 Å². The average Bonchev–Trinajstić information content (AvgIpc) is 2.78. The second kappa shape index (κ2) is 6.96. The number of hydrogen-bond donors (Lipinski definition) is 2. The molecule has 0 bridgehead atoms. The van der Waals surface area contributed by atoms with Gasteiger partial charge in [-0.25, -0.2) is 0 Å². The van der Waals surface area contributed by atoms with Gasteiger partial charge in [-0.05, 0) is 79.1 Å². The normalized spacial score (nSPS) is 43.3. The zero-order chi connectivity index (χ0) is 25.0. The van der Waals surface area contributed by atoms with E-state index in [9.17, 15) is 19.8 Å². The Balaban J connectivity index is 1.68. The molecule has 0 spiro atoms. The van der Waals surface area contributed by atoms with Crippen LogP contribution in [0, 0.1) is 35.0 Å². The zero-order valence-corrected chi connectivity index (χ0v) is 21.5. The maximum Gasteiger partial charge on any atom is 0.186 e. The number of carbonyl (C=O) groups is 2. The smallest absolute Gasteiger partial charge is 0.186 e. The quantitative estimate of drug-likeness (QED) is 0.588. The molecule has 7 atom stereocenters. The molecule has 0 heterocycles. The highest BCUT2D eigenvalue weighted by atomic mass is 16.5. The van der Waals surface area contributed by atoms with Crippen molar-refractivity contribution in [3.63, 3.8) is 0 Å². The van der Waals surface area contributed by atoms with Gasteiger partial charge in [0.1, 0.15) is 6.10 Å². The van der Waals surface area contributed by atoms with Crippen LogP contribution >= 0.6 is 0 Å². The first-order valence-corrected chi connectivity index (χ1v) is 12.7. The molecule has 4 aliphatic rings. The number of fused-ring (bicyclic) bond motifs is 7. The predicted octanol–water partition coefficient (Wildman–Crippen LogP) is 5.28. The van der Waals surface area contributed by atoms with Crippen LogP contribution < -0.4 is 4.74 Å². The number of ether oxygens (including phenoxy) is 1. The maximum atomic E-state index is 13.6. The fourth-order valence-corrected chi connectivity index (χ4v) is 8.75. The summed E-state index contributed by atoms with van der Waals surface area (Å²) >= 11 is 0. The number of aliphatic hydroxyl groups excluding tert-OH is 1. The summed E-state index contributed by atoms with van der Waals surface area (Å²) in [5.41, 5.74) is 2.19. The van der Waals surface area contributed by atoms with Gasteiger partial charge in [0.25, 0.3) is 0 Å². The number of carbonyl (C=O) groups excluding carboxylic acids is 2. The van der Waals surface area contributed by atoms with Crippen LogP contribution in [-0.4, -0.2) is 35.0 Å². The number of methoxy groups -OCH3 is 1. The molecule has 1 aromatic carbocycles. The van der Waals surface area contributed by atoms with Crippen molar-refractivity contribution >= 4 is 11.6 Å². The van der Waals surface area contributed by atoms with Crippen LogP contribution in [0.4, 0.5) is 0 Å². The number of hydrogen-bond acceptors (Lipinski definition) is 5. The van der Waals surface area contributed by atoms with Crippen molar-refractivity contribution in [3.05, 3.63) is 34.4 Å². The molecule has 3 saturated carbocycles. The van der Waals surface area contributed by atoms with Gasteiger partial charge < -0.3 is 14.9 Å². The molecule has 4 aliphatic carbocycles. The highest BCUT2D eigenvalue weighted by Gasteiger charge is 2.68. The summed E-state index contributed by atoms with van der Waals surface area (Å²) < 4.78 is 5.41. The molecule has 34 heavy (non-hydrogen) atoms. The third kappa shape index (κ3) is 2.54. The summed E-state index contributed by atoms with van der Waals surface area (Å²) in [5.74, 6) is 0.427. The van der Waals surface area contributed by atoms with E-state index in [1.165, 1.54) is 7.11 Å². The number of benzene rings is 1. The average molecular weight is 467 g/mol. The standard InChI is InChI=1S/C29H38O5/c1-15-12-20-27(4,25(33)23(15)32)9-11-29(6)21-14-18(30)22-16(2)24(34-7)19(31)13-17(22)26(21,3)8-10-28(20,29)5/h13-15,20,25,31,33H,8-12H2,1-7H3/t15-,20-,25-,26+,27-,28+,29-/m1/s1. The molecule has 184 valence electrons. The number of phenolic OH excluding ortho intramolecular Hbond substituents is 1. The van der Waals surface area contributed by atoms with Crippen molar-refractivity contribution in [2.75, 3.05) is 7.11 Å². The monoisotopic (exact) mass is 466 g/mol. The van der Waals surface area contributed by atoms with Gasteiger partial charge in [0, 0.05) is 27.9 Å². The van der Waals surface area contributed by atoms with Gasteiger partial charge in [0.05, 0.1) is 7.11 Å². The minimum atomic E-state index is -0.925. The molecule has 3 fully saturated rings. The number of Topliss-reactive ketones (excluding diaryl/α,β-unsaturated/α-hetero) is 1. The minimum Gasteiger partial charge on any atom is -0.504 e. The van der Waals surface area contributed by atoms with Crippen LogP contribution in [0.5, 0.6) is 11.5 Å². The molecule has 0 radical (unpaired) electrons. The lowest BCUT2D eigenvalue weighted by atomic mass is 9.35. The molecule has 5 nitrogen and oxygen atoms in total. The van der Waals surface area contributed by atoms with Crippen molar-refractivity contribution in [1.29, 1.82) is 0 Å². The Hall–Kier alpha value is -2.14. The van der Waals surface area contributed by atoms with Crippen molar-refractivity contribution in [3.8, 4) is 11.5 Å². The lowest BCUT2D eigenvalue weighted by molar-refractivity contribution is -0.190. The largest absolute Gasteiger partial charge is 0.504 e. The Morgan fingerprint density at radius 2 is 1.74 bits per heavy atom. The van der Waals surface area contributed by atoms with E-state index >= 15 is 0 Å². The number of aromatic hydroxyl groups is 1. The fourth-order valence-electron chi connectivity index (χ4n) is 8.75. The predicted molar refractivity (Wildman–Crippen MR) is 130 cm³/mol. The third-order valence-electron chi connectivity index (χ3n) is 11.1. The second-order valence-electron chi connectivity index (χ2n) is 12.5. The third-order valence-corrected chi connectivity index (χ3v) is 11.1. The summed E-state index contributed by atoms with van der Waals surface area (Å²) in [6.45, 7) is 12.8. The Labute approximate surface area is 202 Å². The van der Waals surface area contributed by atoms with Gasteiger partial charge in [-0.15, -0.1) is 0 Å². The number of rotatable bonds is 1. The maximum absolute atomic E-state index is 13.6. The summed E-state index contributed by atoms with van der Waals surface area (Å²) in [7, 11) is 1.52. The van der Waals surface area contributed by atoms with E-state index in [1.54, 1.807) is 6.07 Å². The van der Waals surface area contributed by atoms with E-state index in [2.05, 4.69) is 27.7 Å². The lowest BCUT2D eigenvalue weighted by Gasteiger charge is -2.69. The van der Waals surface area contributed by atoms with Crippen molar-refractivity contribution in [2.45, 2.75) is 85.2 Å². The van der Waals surface area contributed by atoms with E-state index in [0.29, 0.717) is 16.9 Å². The van der Waals surface area contributed by atoms with E-state index in [0.717, 1.165) is 43.2 Å². The van der Waals surface area contributed by atoms with E-state index in [4.69, 9.17) is 4.74 Å². The minimum absolute atomic E-state index is 0.0208.